The molecule has 4 nitrogen and oxygen atoms in total. The van der Waals surface area contributed by atoms with Crippen LogP contribution in [0.2, 0.25) is 0 Å². The smallest absolute Gasteiger partial charge is 0.318 e. The summed E-state index contributed by atoms with van der Waals surface area (Å²) in [6.45, 7) is 3.39. The van der Waals surface area contributed by atoms with Crippen molar-refractivity contribution in [1.29, 1.82) is 0 Å². The summed E-state index contributed by atoms with van der Waals surface area (Å²) < 4.78 is 36.5. The van der Waals surface area contributed by atoms with Crippen LogP contribution in [-0.4, -0.2) is 43.7 Å². The summed E-state index contributed by atoms with van der Waals surface area (Å²) >= 11 is 0. The maximum Gasteiger partial charge on any atom is 0.471 e. The van der Waals surface area contributed by atoms with Gasteiger partial charge in [-0.25, -0.2) is 0 Å². The molecular weight excluding hydrogens is 283 g/mol. The highest BCUT2D eigenvalue weighted by Crippen LogP contribution is 2.18. The first-order valence-corrected chi connectivity index (χ1v) is 6.53. The summed E-state index contributed by atoms with van der Waals surface area (Å²) in [5, 5.41) is 5.11. The molecule has 1 amide bonds. The minimum absolute atomic E-state index is 0.136. The molecule has 0 spiro atoms. The maximum absolute atomic E-state index is 12.2. The van der Waals surface area contributed by atoms with Gasteiger partial charge in [-0.2, -0.15) is 13.2 Å². The molecule has 0 radical (unpaired) electrons. The number of halogens is 3. The first kappa shape index (κ1) is 17.5. The van der Waals surface area contributed by atoms with Crippen LogP contribution in [-0.2, 0) is 11.3 Å². The van der Waals surface area contributed by atoms with Crippen LogP contribution in [0, 0.1) is 0 Å². The third-order valence-electron chi connectivity index (χ3n) is 2.74. The number of rotatable bonds is 6. The number of benzene rings is 1. The van der Waals surface area contributed by atoms with Gasteiger partial charge in [-0.1, -0.05) is 12.1 Å². The van der Waals surface area contributed by atoms with Gasteiger partial charge < -0.3 is 15.5 Å². The molecule has 0 aliphatic heterocycles. The van der Waals surface area contributed by atoms with E-state index in [0.717, 1.165) is 12.1 Å². The Labute approximate surface area is 122 Å². The van der Waals surface area contributed by atoms with Crippen LogP contribution in [0.4, 0.5) is 18.9 Å². The summed E-state index contributed by atoms with van der Waals surface area (Å²) in [4.78, 5) is 12.9. The van der Waals surface area contributed by atoms with Crippen LogP contribution in [0.5, 0.6) is 0 Å². The minimum atomic E-state index is -4.88. The average molecular weight is 303 g/mol. The molecule has 21 heavy (non-hydrogen) atoms. The van der Waals surface area contributed by atoms with Gasteiger partial charge in [-0.05, 0) is 38.7 Å². The van der Waals surface area contributed by atoms with Gasteiger partial charge in [0.1, 0.15) is 0 Å². The van der Waals surface area contributed by atoms with Gasteiger partial charge in [0.15, 0.2) is 0 Å². The predicted molar refractivity (Wildman–Crippen MR) is 76.0 cm³/mol. The summed E-state index contributed by atoms with van der Waals surface area (Å²) in [6.07, 6.45) is -4.88. The highest BCUT2D eigenvalue weighted by Gasteiger charge is 2.38. The molecule has 0 aliphatic rings. The largest absolute Gasteiger partial charge is 0.471 e. The summed E-state index contributed by atoms with van der Waals surface area (Å²) in [6, 6.07) is 6.60. The van der Waals surface area contributed by atoms with Gasteiger partial charge >= 0.3 is 12.1 Å². The maximum atomic E-state index is 12.2. The van der Waals surface area contributed by atoms with E-state index in [1.165, 1.54) is 12.1 Å². The zero-order valence-electron chi connectivity index (χ0n) is 12.3. The van der Waals surface area contributed by atoms with Gasteiger partial charge in [0.25, 0.3) is 0 Å². The monoisotopic (exact) mass is 303 g/mol. The minimum Gasteiger partial charge on any atom is -0.318 e. The van der Waals surface area contributed by atoms with E-state index in [-0.39, 0.29) is 11.7 Å². The van der Waals surface area contributed by atoms with E-state index in [1.807, 2.05) is 31.2 Å². The fourth-order valence-electron chi connectivity index (χ4n) is 1.87. The Morgan fingerprint density at radius 2 is 2.00 bits per heavy atom. The number of hydrogen-bond acceptors (Lipinski definition) is 3. The third kappa shape index (κ3) is 6.59. The topological polar surface area (TPSA) is 44.4 Å². The van der Waals surface area contributed by atoms with E-state index < -0.39 is 12.1 Å². The van der Waals surface area contributed by atoms with Crippen molar-refractivity contribution >= 4 is 11.6 Å². The lowest BCUT2D eigenvalue weighted by atomic mass is 10.2. The number of carbonyl (C=O) groups excluding carboxylic acids is 1. The summed E-state index contributed by atoms with van der Waals surface area (Å²) in [5.41, 5.74) is 0.942. The number of anilines is 1. The number of amides is 1. The molecule has 0 saturated heterocycles. The standard InChI is InChI=1S/C14H20F3N3O/c1-10(9-20(2)3)18-8-11-5-4-6-12(7-11)19-13(21)14(15,16)17/h4-7,10,18H,8-9H2,1-3H3,(H,19,21). The van der Waals surface area contributed by atoms with Crippen LogP contribution in [0.15, 0.2) is 24.3 Å². The molecule has 0 bridgehead atoms. The van der Waals surface area contributed by atoms with Gasteiger partial charge in [0, 0.05) is 24.8 Å². The molecule has 2 N–H and O–H groups in total. The molecule has 1 aromatic carbocycles. The van der Waals surface area contributed by atoms with Gasteiger partial charge in [-0.3, -0.25) is 4.79 Å². The molecule has 7 heteroatoms. The quantitative estimate of drug-likeness (QED) is 0.847. The number of alkyl halides is 3. The van der Waals surface area contributed by atoms with Crippen molar-refractivity contribution in [2.75, 3.05) is 26.0 Å². The molecule has 1 unspecified atom stereocenters. The summed E-state index contributed by atoms with van der Waals surface area (Å²) in [7, 11) is 3.93. The zero-order valence-corrected chi connectivity index (χ0v) is 12.3. The lowest BCUT2D eigenvalue weighted by molar-refractivity contribution is -0.167. The molecule has 0 aliphatic carbocycles. The zero-order chi connectivity index (χ0) is 16.0. The molecule has 0 aromatic heterocycles. The van der Waals surface area contributed by atoms with E-state index >= 15 is 0 Å². The molecule has 1 atom stereocenters. The summed E-state index contributed by atoms with van der Waals surface area (Å²) in [5.74, 6) is -1.96. The first-order chi connectivity index (χ1) is 9.68. The van der Waals surface area contributed by atoms with Crippen molar-refractivity contribution < 1.29 is 18.0 Å². The van der Waals surface area contributed by atoms with Gasteiger partial charge in [-0.15, -0.1) is 0 Å². The van der Waals surface area contributed by atoms with Gasteiger partial charge in [0.05, 0.1) is 0 Å². The molecule has 1 rings (SSSR count). The molecule has 0 fully saturated rings. The van der Waals surface area contributed by atoms with E-state index in [0.29, 0.717) is 6.54 Å². The van der Waals surface area contributed by atoms with Crippen LogP contribution < -0.4 is 10.6 Å². The van der Waals surface area contributed by atoms with Crippen LogP contribution in [0.25, 0.3) is 0 Å². The SMILES string of the molecule is CC(CN(C)C)NCc1cccc(NC(=O)C(F)(F)F)c1. The predicted octanol–water partition coefficient (Wildman–Crippen LogP) is 2.23. The Morgan fingerprint density at radius 1 is 1.33 bits per heavy atom. The Hall–Kier alpha value is -1.60. The number of nitrogens with zero attached hydrogens (tertiary/aromatic N) is 1. The van der Waals surface area contributed by atoms with E-state index in [1.54, 1.807) is 12.1 Å². The lowest BCUT2D eigenvalue weighted by Gasteiger charge is -2.18. The fourth-order valence-corrected chi connectivity index (χ4v) is 1.87. The number of hydrogen-bond donors (Lipinski definition) is 2. The normalized spacial score (nSPS) is 13.3. The Morgan fingerprint density at radius 3 is 2.57 bits per heavy atom. The Kier molecular flexibility index (Phi) is 6.17. The van der Waals surface area contributed by atoms with Crippen molar-refractivity contribution in [2.24, 2.45) is 0 Å². The Bertz CT molecular complexity index is 475. The van der Waals surface area contributed by atoms with Crippen molar-refractivity contribution in [1.82, 2.24) is 10.2 Å². The Balaban J connectivity index is 2.58. The lowest BCUT2D eigenvalue weighted by Crippen LogP contribution is -2.35. The van der Waals surface area contributed by atoms with Crippen molar-refractivity contribution in [3.63, 3.8) is 0 Å². The first-order valence-electron chi connectivity index (χ1n) is 6.53. The number of carbonyl (C=O) groups is 1. The van der Waals surface area contributed by atoms with E-state index in [4.69, 9.17) is 0 Å². The average Bonchev–Trinajstić information content (AvgIpc) is 2.35. The fraction of sp³-hybridized carbons (Fsp3) is 0.500. The van der Waals surface area contributed by atoms with E-state index in [9.17, 15) is 18.0 Å². The van der Waals surface area contributed by atoms with Crippen molar-refractivity contribution in [2.45, 2.75) is 25.7 Å². The number of nitrogens with one attached hydrogen (secondary N) is 2. The van der Waals surface area contributed by atoms with Crippen LogP contribution in [0.1, 0.15) is 12.5 Å². The van der Waals surface area contributed by atoms with E-state index in [2.05, 4.69) is 5.32 Å². The molecule has 118 valence electrons. The van der Waals surface area contributed by atoms with Gasteiger partial charge in [0.2, 0.25) is 0 Å². The van der Waals surface area contributed by atoms with Crippen LogP contribution >= 0.6 is 0 Å². The second kappa shape index (κ2) is 7.42. The highest BCUT2D eigenvalue weighted by atomic mass is 19.4. The molecule has 0 saturated carbocycles. The van der Waals surface area contributed by atoms with Crippen LogP contribution in [0.3, 0.4) is 0 Å². The molecule has 0 heterocycles. The second-order valence-electron chi connectivity index (χ2n) is 5.20. The van der Waals surface area contributed by atoms with Crippen molar-refractivity contribution in [3.05, 3.63) is 29.8 Å². The third-order valence-corrected chi connectivity index (χ3v) is 2.74. The molecular formula is C14H20F3N3O. The molecule has 1 aromatic rings. The highest BCUT2D eigenvalue weighted by molar-refractivity contribution is 5.94. The number of likely N-dealkylation sites (N-methyl/N-ethyl adjacent to an activating group) is 1. The second-order valence-corrected chi connectivity index (χ2v) is 5.20. The van der Waals surface area contributed by atoms with Crippen molar-refractivity contribution in [3.8, 4) is 0 Å².